The van der Waals surface area contributed by atoms with Crippen LogP contribution in [0.2, 0.25) is 0 Å². The van der Waals surface area contributed by atoms with Crippen LogP contribution < -0.4 is 10.1 Å². The highest BCUT2D eigenvalue weighted by Gasteiger charge is 2.05. The van der Waals surface area contributed by atoms with E-state index in [1.807, 2.05) is 61.1 Å². The molecule has 0 saturated carbocycles. The fourth-order valence-electron chi connectivity index (χ4n) is 2.74. The van der Waals surface area contributed by atoms with Gasteiger partial charge in [0.05, 0.1) is 5.69 Å². The molecule has 0 atom stereocenters. The Morgan fingerprint density at radius 2 is 1.96 bits per heavy atom. The summed E-state index contributed by atoms with van der Waals surface area (Å²) in [7, 11) is 0. The number of nitrogens with zero attached hydrogens (tertiary/aromatic N) is 2. The van der Waals surface area contributed by atoms with Crippen LogP contribution in [0.1, 0.15) is 16.7 Å². The van der Waals surface area contributed by atoms with Gasteiger partial charge in [-0.1, -0.05) is 29.8 Å². The highest BCUT2D eigenvalue weighted by Crippen LogP contribution is 2.18. The van der Waals surface area contributed by atoms with Crippen LogP contribution in [0.3, 0.4) is 0 Å². The van der Waals surface area contributed by atoms with Crippen molar-refractivity contribution in [3.8, 4) is 11.4 Å². The van der Waals surface area contributed by atoms with Crippen molar-refractivity contribution in [1.29, 1.82) is 0 Å². The van der Waals surface area contributed by atoms with E-state index in [-0.39, 0.29) is 12.5 Å². The Morgan fingerprint density at radius 1 is 1.15 bits per heavy atom. The average molecular weight is 349 g/mol. The number of rotatable bonds is 7. The molecule has 1 amide bonds. The Labute approximate surface area is 153 Å². The van der Waals surface area contributed by atoms with Gasteiger partial charge < -0.3 is 10.1 Å². The van der Waals surface area contributed by atoms with Gasteiger partial charge in [0, 0.05) is 18.9 Å². The van der Waals surface area contributed by atoms with Crippen LogP contribution in [0.5, 0.6) is 5.75 Å². The molecule has 5 nitrogen and oxygen atoms in total. The second-order valence-corrected chi connectivity index (χ2v) is 6.27. The summed E-state index contributed by atoms with van der Waals surface area (Å²) in [6.07, 6.45) is 4.43. The monoisotopic (exact) mass is 349 g/mol. The van der Waals surface area contributed by atoms with Crippen LogP contribution in [0.25, 0.3) is 5.69 Å². The maximum atomic E-state index is 11.9. The fourth-order valence-corrected chi connectivity index (χ4v) is 2.74. The third-order valence-electron chi connectivity index (χ3n) is 4.13. The smallest absolute Gasteiger partial charge is 0.257 e. The fraction of sp³-hybridized carbons (Fsp3) is 0.238. The second kappa shape index (κ2) is 8.34. The van der Waals surface area contributed by atoms with Crippen molar-refractivity contribution in [3.05, 3.63) is 77.6 Å². The molecule has 0 aliphatic carbocycles. The highest BCUT2D eigenvalue weighted by atomic mass is 16.5. The zero-order valence-electron chi connectivity index (χ0n) is 15.1. The zero-order valence-corrected chi connectivity index (χ0v) is 15.1. The summed E-state index contributed by atoms with van der Waals surface area (Å²) in [4.78, 5) is 11.9. The predicted molar refractivity (Wildman–Crippen MR) is 102 cm³/mol. The van der Waals surface area contributed by atoms with Gasteiger partial charge in [-0.15, -0.1) is 0 Å². The lowest BCUT2D eigenvalue weighted by Gasteiger charge is -2.10. The van der Waals surface area contributed by atoms with Crippen LogP contribution in [0.4, 0.5) is 0 Å². The first-order valence-electron chi connectivity index (χ1n) is 8.67. The van der Waals surface area contributed by atoms with E-state index in [1.54, 1.807) is 6.20 Å². The minimum absolute atomic E-state index is 0.0299. The molecule has 5 heteroatoms. The van der Waals surface area contributed by atoms with Crippen molar-refractivity contribution in [2.45, 2.75) is 20.3 Å². The number of hydrogen-bond acceptors (Lipinski definition) is 3. The van der Waals surface area contributed by atoms with Crippen LogP contribution in [0.15, 0.2) is 60.9 Å². The Bertz CT molecular complexity index is 855. The van der Waals surface area contributed by atoms with Crippen molar-refractivity contribution >= 4 is 5.91 Å². The number of amides is 1. The van der Waals surface area contributed by atoms with Crippen molar-refractivity contribution in [2.24, 2.45) is 0 Å². The third-order valence-corrected chi connectivity index (χ3v) is 4.13. The molecule has 1 N–H and O–H groups in total. The summed E-state index contributed by atoms with van der Waals surface area (Å²) >= 11 is 0. The van der Waals surface area contributed by atoms with Crippen molar-refractivity contribution < 1.29 is 9.53 Å². The minimum atomic E-state index is -0.113. The van der Waals surface area contributed by atoms with Gasteiger partial charge >= 0.3 is 0 Å². The topological polar surface area (TPSA) is 56.1 Å². The number of aromatic nitrogens is 2. The molecule has 26 heavy (non-hydrogen) atoms. The molecule has 1 heterocycles. The Hall–Kier alpha value is -3.08. The molecule has 0 saturated heterocycles. The van der Waals surface area contributed by atoms with Crippen LogP contribution in [-0.4, -0.2) is 28.8 Å². The molecule has 0 aliphatic heterocycles. The normalized spacial score (nSPS) is 10.5. The van der Waals surface area contributed by atoms with E-state index in [1.165, 1.54) is 5.56 Å². The molecule has 3 rings (SSSR count). The molecule has 1 aromatic heterocycles. The van der Waals surface area contributed by atoms with Gasteiger partial charge in [-0.3, -0.25) is 4.79 Å². The molecule has 0 aliphatic rings. The number of carbonyl (C=O) groups is 1. The van der Waals surface area contributed by atoms with E-state index >= 15 is 0 Å². The summed E-state index contributed by atoms with van der Waals surface area (Å²) in [5.74, 6) is 0.637. The maximum absolute atomic E-state index is 11.9. The van der Waals surface area contributed by atoms with Crippen LogP contribution >= 0.6 is 0 Å². The lowest BCUT2D eigenvalue weighted by molar-refractivity contribution is -0.123. The summed E-state index contributed by atoms with van der Waals surface area (Å²) < 4.78 is 7.41. The van der Waals surface area contributed by atoms with Crippen molar-refractivity contribution in [1.82, 2.24) is 15.1 Å². The van der Waals surface area contributed by atoms with Crippen molar-refractivity contribution in [2.75, 3.05) is 13.2 Å². The molecule has 0 bridgehead atoms. The number of ether oxygens (including phenoxy) is 1. The molecule has 134 valence electrons. The van der Waals surface area contributed by atoms with Crippen LogP contribution in [-0.2, 0) is 11.2 Å². The Balaban J connectivity index is 1.42. The third kappa shape index (κ3) is 4.72. The number of benzene rings is 2. The van der Waals surface area contributed by atoms with E-state index in [2.05, 4.69) is 22.5 Å². The quantitative estimate of drug-likeness (QED) is 0.712. The summed E-state index contributed by atoms with van der Waals surface area (Å²) in [6, 6.07) is 16.0. The second-order valence-electron chi connectivity index (χ2n) is 6.27. The Morgan fingerprint density at radius 3 is 2.65 bits per heavy atom. The van der Waals surface area contributed by atoms with Gasteiger partial charge in [-0.05, 0) is 55.7 Å². The molecular weight excluding hydrogens is 326 g/mol. The molecular formula is C21H23N3O2. The molecule has 2 aromatic carbocycles. The first kappa shape index (κ1) is 17.7. The molecule has 0 radical (unpaired) electrons. The lowest BCUT2D eigenvalue weighted by Crippen LogP contribution is -2.30. The number of hydrogen-bond donors (Lipinski definition) is 1. The summed E-state index contributed by atoms with van der Waals surface area (Å²) in [6.45, 7) is 4.62. The number of nitrogens with one attached hydrogen (secondary N) is 1. The average Bonchev–Trinajstić information content (AvgIpc) is 3.16. The predicted octanol–water partition coefficient (Wildman–Crippen LogP) is 3.23. The van der Waals surface area contributed by atoms with Gasteiger partial charge in [0.1, 0.15) is 5.75 Å². The van der Waals surface area contributed by atoms with Gasteiger partial charge in [-0.2, -0.15) is 5.10 Å². The standard InChI is InChI=1S/C21H23N3O2/c1-16-4-9-20(17(2)14-16)26-15-21(25)22-12-10-18-5-7-19(8-6-18)24-13-3-11-23-24/h3-9,11,13-14H,10,12,15H2,1-2H3,(H,22,25). The summed E-state index contributed by atoms with van der Waals surface area (Å²) in [5.41, 5.74) is 4.40. The molecule has 3 aromatic rings. The zero-order chi connectivity index (χ0) is 18.4. The number of carbonyl (C=O) groups excluding carboxylic acids is 1. The Kier molecular flexibility index (Phi) is 5.69. The molecule has 0 fully saturated rings. The van der Waals surface area contributed by atoms with E-state index in [0.717, 1.165) is 29.0 Å². The minimum Gasteiger partial charge on any atom is -0.484 e. The largest absolute Gasteiger partial charge is 0.484 e. The van der Waals surface area contributed by atoms with Gasteiger partial charge in [-0.25, -0.2) is 4.68 Å². The first-order chi connectivity index (χ1) is 12.6. The van der Waals surface area contributed by atoms with Crippen LogP contribution in [0, 0.1) is 13.8 Å². The van der Waals surface area contributed by atoms with Gasteiger partial charge in [0.2, 0.25) is 0 Å². The van der Waals surface area contributed by atoms with Crippen molar-refractivity contribution in [3.63, 3.8) is 0 Å². The maximum Gasteiger partial charge on any atom is 0.257 e. The van der Waals surface area contributed by atoms with Gasteiger partial charge in [0.15, 0.2) is 6.61 Å². The first-order valence-corrected chi connectivity index (χ1v) is 8.67. The van der Waals surface area contributed by atoms with E-state index < -0.39 is 0 Å². The molecule has 0 spiro atoms. The SMILES string of the molecule is Cc1ccc(OCC(=O)NCCc2ccc(-n3cccn3)cc2)c(C)c1. The van der Waals surface area contributed by atoms with E-state index in [4.69, 9.17) is 4.74 Å². The number of aryl methyl sites for hydroxylation is 2. The molecule has 0 unspecified atom stereocenters. The van der Waals surface area contributed by atoms with E-state index in [0.29, 0.717) is 6.54 Å². The summed E-state index contributed by atoms with van der Waals surface area (Å²) in [5, 5.41) is 7.10. The lowest BCUT2D eigenvalue weighted by atomic mass is 10.1. The highest BCUT2D eigenvalue weighted by molar-refractivity contribution is 5.77. The van der Waals surface area contributed by atoms with E-state index in [9.17, 15) is 4.79 Å². The van der Waals surface area contributed by atoms with Gasteiger partial charge in [0.25, 0.3) is 5.91 Å².